The van der Waals surface area contributed by atoms with Gasteiger partial charge in [-0.05, 0) is 12.0 Å². The van der Waals surface area contributed by atoms with Crippen LogP contribution in [0, 0.1) is 10.1 Å². The molecule has 0 aromatic carbocycles. The summed E-state index contributed by atoms with van der Waals surface area (Å²) in [6, 6.07) is 0. The van der Waals surface area contributed by atoms with Crippen LogP contribution < -0.4 is 0 Å². The molecule has 4 heteroatoms. The van der Waals surface area contributed by atoms with Gasteiger partial charge in [-0.1, -0.05) is 19.1 Å². The summed E-state index contributed by atoms with van der Waals surface area (Å²) in [6.07, 6.45) is 5.61. The first-order valence-corrected chi connectivity index (χ1v) is 3.91. The van der Waals surface area contributed by atoms with E-state index in [0.717, 1.165) is 12.0 Å². The summed E-state index contributed by atoms with van der Waals surface area (Å²) in [7, 11) is 0. The Morgan fingerprint density at radius 2 is 2.58 bits per heavy atom. The second kappa shape index (κ2) is 2.17. The Morgan fingerprint density at radius 3 is 3.17 bits per heavy atom. The second-order valence-corrected chi connectivity index (χ2v) is 2.96. The Hall–Kier alpha value is -1.16. The summed E-state index contributed by atoms with van der Waals surface area (Å²) in [4.78, 5) is 10.2. The zero-order valence-corrected chi connectivity index (χ0v) is 6.69. The SMILES string of the molecule is CCC1=CC=CC2([N+](=O)[O-])OC12. The van der Waals surface area contributed by atoms with Crippen molar-refractivity contribution >= 4 is 0 Å². The summed E-state index contributed by atoms with van der Waals surface area (Å²) in [5, 5.41) is 10.6. The van der Waals surface area contributed by atoms with Crippen molar-refractivity contribution in [2.45, 2.75) is 25.2 Å². The van der Waals surface area contributed by atoms with Crippen molar-refractivity contribution in [2.75, 3.05) is 0 Å². The molecular formula is C8H9NO3. The molecule has 1 heterocycles. The number of fused-ring (bicyclic) bond motifs is 1. The van der Waals surface area contributed by atoms with Gasteiger partial charge in [0.15, 0.2) is 6.10 Å². The number of nitrogens with zero attached hydrogens (tertiary/aromatic N) is 1. The molecule has 0 bridgehead atoms. The van der Waals surface area contributed by atoms with E-state index in [1.807, 2.05) is 13.0 Å². The number of rotatable bonds is 2. The molecule has 0 radical (unpaired) electrons. The predicted molar refractivity (Wildman–Crippen MR) is 42.1 cm³/mol. The molecule has 4 nitrogen and oxygen atoms in total. The summed E-state index contributed by atoms with van der Waals surface area (Å²) < 4.78 is 5.08. The van der Waals surface area contributed by atoms with Gasteiger partial charge in [-0.15, -0.1) is 0 Å². The maximum atomic E-state index is 10.6. The van der Waals surface area contributed by atoms with E-state index < -0.39 is 5.72 Å². The number of epoxide rings is 1. The molecular weight excluding hydrogens is 158 g/mol. The van der Waals surface area contributed by atoms with Crippen LogP contribution in [-0.2, 0) is 4.74 Å². The number of hydrogen-bond donors (Lipinski definition) is 0. The quantitative estimate of drug-likeness (QED) is 0.353. The maximum Gasteiger partial charge on any atom is 0.376 e. The third-order valence-electron chi connectivity index (χ3n) is 2.30. The highest BCUT2D eigenvalue weighted by Crippen LogP contribution is 2.46. The van der Waals surface area contributed by atoms with Crippen LogP contribution in [0.4, 0.5) is 0 Å². The lowest BCUT2D eigenvalue weighted by Gasteiger charge is -2.03. The fourth-order valence-corrected chi connectivity index (χ4v) is 1.52. The van der Waals surface area contributed by atoms with Crippen LogP contribution in [0.25, 0.3) is 0 Å². The molecule has 12 heavy (non-hydrogen) atoms. The van der Waals surface area contributed by atoms with Gasteiger partial charge in [-0.3, -0.25) is 14.9 Å². The Balaban J connectivity index is 2.27. The van der Waals surface area contributed by atoms with Gasteiger partial charge in [-0.2, -0.15) is 0 Å². The predicted octanol–water partition coefficient (Wildman–Crippen LogP) is 1.26. The number of ether oxygens (including phenoxy) is 1. The summed E-state index contributed by atoms with van der Waals surface area (Å²) in [5.41, 5.74) is -0.200. The van der Waals surface area contributed by atoms with Crippen molar-refractivity contribution in [3.63, 3.8) is 0 Å². The molecule has 1 fully saturated rings. The van der Waals surface area contributed by atoms with Crippen LogP contribution in [0.5, 0.6) is 0 Å². The van der Waals surface area contributed by atoms with Crippen LogP contribution in [0.3, 0.4) is 0 Å². The molecule has 1 aliphatic heterocycles. The average Bonchev–Trinajstić information content (AvgIpc) is 2.78. The van der Waals surface area contributed by atoms with Crippen LogP contribution in [-0.4, -0.2) is 16.8 Å². The van der Waals surface area contributed by atoms with E-state index in [-0.39, 0.29) is 11.0 Å². The molecule has 2 unspecified atom stereocenters. The van der Waals surface area contributed by atoms with Crippen LogP contribution >= 0.6 is 0 Å². The zero-order valence-electron chi connectivity index (χ0n) is 6.69. The zero-order chi connectivity index (χ0) is 8.77. The first-order chi connectivity index (χ1) is 5.70. The van der Waals surface area contributed by atoms with E-state index in [2.05, 4.69) is 0 Å². The summed E-state index contributed by atoms with van der Waals surface area (Å²) >= 11 is 0. The van der Waals surface area contributed by atoms with E-state index in [1.165, 1.54) is 6.08 Å². The molecule has 0 spiro atoms. The lowest BCUT2D eigenvalue weighted by atomic mass is 9.99. The molecule has 1 saturated heterocycles. The van der Waals surface area contributed by atoms with Gasteiger partial charge in [-0.25, -0.2) is 0 Å². The van der Waals surface area contributed by atoms with E-state index in [1.54, 1.807) is 6.08 Å². The van der Waals surface area contributed by atoms with Crippen molar-refractivity contribution in [2.24, 2.45) is 0 Å². The molecule has 0 N–H and O–H groups in total. The molecule has 1 aliphatic carbocycles. The van der Waals surface area contributed by atoms with E-state index in [0.29, 0.717) is 0 Å². The molecule has 2 aliphatic rings. The molecule has 64 valence electrons. The molecule has 0 aromatic rings. The van der Waals surface area contributed by atoms with Crippen molar-refractivity contribution in [3.8, 4) is 0 Å². The minimum Gasteiger partial charge on any atom is -0.290 e. The van der Waals surface area contributed by atoms with Crippen LogP contribution in [0.15, 0.2) is 23.8 Å². The van der Waals surface area contributed by atoms with Gasteiger partial charge in [0.05, 0.1) is 4.92 Å². The molecule has 2 atom stereocenters. The largest absolute Gasteiger partial charge is 0.376 e. The number of nitro groups is 1. The van der Waals surface area contributed by atoms with Gasteiger partial charge in [0.25, 0.3) is 0 Å². The summed E-state index contributed by atoms with van der Waals surface area (Å²) in [6.45, 7) is 1.97. The van der Waals surface area contributed by atoms with E-state index >= 15 is 0 Å². The second-order valence-electron chi connectivity index (χ2n) is 2.96. The van der Waals surface area contributed by atoms with E-state index in [4.69, 9.17) is 4.74 Å². The Morgan fingerprint density at radius 1 is 1.83 bits per heavy atom. The van der Waals surface area contributed by atoms with Gasteiger partial charge in [0, 0.05) is 6.08 Å². The number of allylic oxidation sites excluding steroid dienone is 2. The Labute approximate surface area is 69.7 Å². The average molecular weight is 167 g/mol. The fraction of sp³-hybridized carbons (Fsp3) is 0.500. The minimum absolute atomic E-state index is 0.303. The minimum atomic E-state index is -1.21. The van der Waals surface area contributed by atoms with E-state index in [9.17, 15) is 10.1 Å². The van der Waals surface area contributed by atoms with Gasteiger partial charge in [0.2, 0.25) is 0 Å². The van der Waals surface area contributed by atoms with Crippen LogP contribution in [0.2, 0.25) is 0 Å². The smallest absolute Gasteiger partial charge is 0.290 e. The number of hydrogen-bond acceptors (Lipinski definition) is 3. The highest BCUT2D eigenvalue weighted by molar-refractivity contribution is 5.34. The van der Waals surface area contributed by atoms with Crippen molar-refractivity contribution in [1.82, 2.24) is 0 Å². The van der Waals surface area contributed by atoms with Crippen LogP contribution in [0.1, 0.15) is 13.3 Å². The lowest BCUT2D eigenvalue weighted by molar-refractivity contribution is -0.548. The first kappa shape index (κ1) is 7.49. The van der Waals surface area contributed by atoms with Crippen molar-refractivity contribution in [1.29, 1.82) is 0 Å². The highest BCUT2D eigenvalue weighted by atomic mass is 16.7. The van der Waals surface area contributed by atoms with Gasteiger partial charge in [0.1, 0.15) is 0 Å². The Kier molecular flexibility index (Phi) is 1.35. The lowest BCUT2D eigenvalue weighted by Crippen LogP contribution is -2.25. The summed E-state index contributed by atoms with van der Waals surface area (Å²) in [5.74, 6) is 0. The molecule has 0 aromatic heterocycles. The third-order valence-corrected chi connectivity index (χ3v) is 2.30. The maximum absolute atomic E-state index is 10.6. The molecule has 0 amide bonds. The normalized spacial score (nSPS) is 37.1. The molecule has 2 rings (SSSR count). The molecule has 0 saturated carbocycles. The first-order valence-electron chi connectivity index (χ1n) is 3.91. The monoisotopic (exact) mass is 167 g/mol. The third kappa shape index (κ3) is 0.754. The topological polar surface area (TPSA) is 55.7 Å². The van der Waals surface area contributed by atoms with Crippen molar-refractivity contribution in [3.05, 3.63) is 33.9 Å². The Bertz CT molecular complexity index is 295. The van der Waals surface area contributed by atoms with Crippen molar-refractivity contribution < 1.29 is 9.66 Å². The standard InChI is InChI=1S/C8H9NO3/c1-2-6-4-3-5-8(9(10)11)7(6)12-8/h3-5,7H,2H2,1H3. The van der Waals surface area contributed by atoms with Gasteiger partial charge < -0.3 is 0 Å². The highest BCUT2D eigenvalue weighted by Gasteiger charge is 2.69. The fourth-order valence-electron chi connectivity index (χ4n) is 1.52. The van der Waals surface area contributed by atoms with Gasteiger partial charge >= 0.3 is 5.72 Å².